The molecule has 0 amide bonds. The van der Waals surface area contributed by atoms with Crippen LogP contribution in [0.3, 0.4) is 0 Å². The normalized spacial score (nSPS) is 11.0. The molecular weight excluding hydrogens is 282 g/mol. The lowest BCUT2D eigenvalue weighted by Crippen LogP contribution is -2.07. The van der Waals surface area contributed by atoms with Gasteiger partial charge in [0.05, 0.1) is 18.0 Å². The quantitative estimate of drug-likeness (QED) is 0.658. The molecule has 0 spiro atoms. The van der Waals surface area contributed by atoms with Crippen LogP contribution in [0, 0.1) is 6.92 Å². The summed E-state index contributed by atoms with van der Waals surface area (Å²) in [6, 6.07) is 11.9. The average molecular weight is 299 g/mol. The van der Waals surface area contributed by atoms with Gasteiger partial charge in [-0.3, -0.25) is 4.79 Å². The summed E-state index contributed by atoms with van der Waals surface area (Å²) in [6.07, 6.45) is 1.96. The number of rotatable bonds is 5. The Bertz CT molecular complexity index is 785. The summed E-state index contributed by atoms with van der Waals surface area (Å²) in [6.45, 7) is 5.01. The maximum atomic E-state index is 12.3. The zero-order chi connectivity index (χ0) is 14.8. The molecular formula is C17H17NO2S. The summed E-state index contributed by atoms with van der Waals surface area (Å²) in [4.78, 5) is 14.3. The number of nitrogens with zero attached hydrogens (tertiary/aromatic N) is 1. The van der Waals surface area contributed by atoms with E-state index in [2.05, 4.69) is 0 Å². The largest absolute Gasteiger partial charge is 0.494 e. The first-order valence-electron chi connectivity index (χ1n) is 6.98. The molecule has 1 aromatic carbocycles. The summed E-state index contributed by atoms with van der Waals surface area (Å²) >= 11 is 1.55. The lowest BCUT2D eigenvalue weighted by atomic mass is 10.2. The maximum absolute atomic E-state index is 12.3. The van der Waals surface area contributed by atoms with E-state index < -0.39 is 0 Å². The average Bonchev–Trinajstić information content (AvgIpc) is 3.06. The van der Waals surface area contributed by atoms with Gasteiger partial charge in [-0.05, 0) is 50.2 Å². The van der Waals surface area contributed by atoms with E-state index in [9.17, 15) is 4.79 Å². The SMILES string of the molecule is CCOc1ccc2c(ccn2CC(=O)c2ccc(C)s2)c1. The molecule has 0 aliphatic rings. The van der Waals surface area contributed by atoms with Crippen molar-refractivity contribution >= 4 is 28.0 Å². The molecule has 0 saturated carbocycles. The fourth-order valence-electron chi connectivity index (χ4n) is 2.39. The molecule has 2 heterocycles. The van der Waals surface area contributed by atoms with Gasteiger partial charge < -0.3 is 9.30 Å². The van der Waals surface area contributed by atoms with Crippen molar-refractivity contribution in [3.05, 3.63) is 52.3 Å². The molecule has 2 aromatic heterocycles. The van der Waals surface area contributed by atoms with Gasteiger partial charge in [-0.15, -0.1) is 11.3 Å². The number of aryl methyl sites for hydroxylation is 1. The third kappa shape index (κ3) is 2.85. The summed E-state index contributed by atoms with van der Waals surface area (Å²) in [5, 5.41) is 1.09. The van der Waals surface area contributed by atoms with Crippen LogP contribution in [0.5, 0.6) is 5.75 Å². The maximum Gasteiger partial charge on any atom is 0.192 e. The molecule has 0 atom stereocenters. The van der Waals surface area contributed by atoms with Crippen LogP contribution in [-0.2, 0) is 6.54 Å². The van der Waals surface area contributed by atoms with Crippen molar-refractivity contribution in [1.82, 2.24) is 4.57 Å². The monoisotopic (exact) mass is 299 g/mol. The highest BCUT2D eigenvalue weighted by atomic mass is 32.1. The number of thiophene rings is 1. The van der Waals surface area contributed by atoms with Crippen molar-refractivity contribution in [2.45, 2.75) is 20.4 Å². The molecule has 4 heteroatoms. The Morgan fingerprint density at radius 3 is 2.81 bits per heavy atom. The van der Waals surface area contributed by atoms with Crippen molar-refractivity contribution in [2.75, 3.05) is 6.61 Å². The Labute approximate surface area is 127 Å². The third-order valence-electron chi connectivity index (χ3n) is 3.38. The van der Waals surface area contributed by atoms with Crippen molar-refractivity contribution in [1.29, 1.82) is 0 Å². The molecule has 3 nitrogen and oxygen atoms in total. The molecule has 0 bridgehead atoms. The third-order valence-corrected chi connectivity index (χ3v) is 4.42. The van der Waals surface area contributed by atoms with Gasteiger partial charge in [0.25, 0.3) is 0 Å². The Hall–Kier alpha value is -2.07. The minimum Gasteiger partial charge on any atom is -0.494 e. The van der Waals surface area contributed by atoms with Crippen molar-refractivity contribution in [2.24, 2.45) is 0 Å². The first-order chi connectivity index (χ1) is 10.2. The van der Waals surface area contributed by atoms with Gasteiger partial charge in [-0.25, -0.2) is 0 Å². The first-order valence-corrected chi connectivity index (χ1v) is 7.80. The number of fused-ring (bicyclic) bond motifs is 1. The number of ketones is 1. The number of Topliss-reactive ketones (excluding diaryl/α,β-unsaturated/α-hetero) is 1. The second-order valence-electron chi connectivity index (χ2n) is 4.93. The van der Waals surface area contributed by atoms with E-state index >= 15 is 0 Å². The van der Waals surface area contributed by atoms with Crippen LogP contribution in [0.25, 0.3) is 10.9 Å². The zero-order valence-electron chi connectivity index (χ0n) is 12.1. The van der Waals surface area contributed by atoms with E-state index in [0.717, 1.165) is 26.4 Å². The summed E-state index contributed by atoms with van der Waals surface area (Å²) < 4.78 is 7.49. The highest BCUT2D eigenvalue weighted by Crippen LogP contribution is 2.23. The second kappa shape index (κ2) is 5.74. The molecule has 0 radical (unpaired) electrons. The van der Waals surface area contributed by atoms with Gasteiger partial charge in [-0.2, -0.15) is 0 Å². The molecule has 21 heavy (non-hydrogen) atoms. The van der Waals surface area contributed by atoms with Gasteiger partial charge in [-0.1, -0.05) is 0 Å². The highest BCUT2D eigenvalue weighted by molar-refractivity contribution is 7.14. The number of hydrogen-bond donors (Lipinski definition) is 0. The van der Waals surface area contributed by atoms with Crippen LogP contribution in [0.2, 0.25) is 0 Å². The van der Waals surface area contributed by atoms with Gasteiger partial charge in [0.2, 0.25) is 0 Å². The fourth-order valence-corrected chi connectivity index (χ4v) is 3.19. The van der Waals surface area contributed by atoms with Gasteiger partial charge in [0.1, 0.15) is 5.75 Å². The predicted octanol–water partition coefficient (Wildman–Crippen LogP) is 4.29. The van der Waals surface area contributed by atoms with Crippen LogP contribution in [0.1, 0.15) is 21.5 Å². The second-order valence-corrected chi connectivity index (χ2v) is 6.22. The summed E-state index contributed by atoms with van der Waals surface area (Å²) in [5.74, 6) is 1.02. The minimum absolute atomic E-state index is 0.152. The van der Waals surface area contributed by atoms with Crippen molar-refractivity contribution in [3.8, 4) is 5.75 Å². The molecule has 0 aliphatic carbocycles. The zero-order valence-corrected chi connectivity index (χ0v) is 12.9. The fraction of sp³-hybridized carbons (Fsp3) is 0.235. The molecule has 0 saturated heterocycles. The van der Waals surface area contributed by atoms with Gasteiger partial charge in [0, 0.05) is 22.0 Å². The smallest absolute Gasteiger partial charge is 0.192 e. The van der Waals surface area contributed by atoms with Crippen molar-refractivity contribution < 1.29 is 9.53 Å². The molecule has 0 fully saturated rings. The number of benzene rings is 1. The number of carbonyl (C=O) groups excluding carboxylic acids is 1. The summed E-state index contributed by atoms with van der Waals surface area (Å²) in [7, 11) is 0. The minimum atomic E-state index is 0.152. The molecule has 108 valence electrons. The van der Waals surface area contributed by atoms with E-state index in [0.29, 0.717) is 13.2 Å². The van der Waals surface area contributed by atoms with Gasteiger partial charge in [0.15, 0.2) is 5.78 Å². The van der Waals surface area contributed by atoms with Crippen LogP contribution in [-0.4, -0.2) is 17.0 Å². The van der Waals surface area contributed by atoms with Crippen molar-refractivity contribution in [3.63, 3.8) is 0 Å². The first kappa shape index (κ1) is 13.9. The van der Waals surface area contributed by atoms with E-state index in [1.54, 1.807) is 11.3 Å². The number of hydrogen-bond acceptors (Lipinski definition) is 3. The van der Waals surface area contributed by atoms with Crippen LogP contribution >= 0.6 is 11.3 Å². The van der Waals surface area contributed by atoms with Crippen LogP contribution < -0.4 is 4.74 Å². The van der Waals surface area contributed by atoms with E-state index in [1.165, 1.54) is 0 Å². The number of aromatic nitrogens is 1. The topological polar surface area (TPSA) is 31.2 Å². The van der Waals surface area contributed by atoms with E-state index in [4.69, 9.17) is 4.74 Å². The predicted molar refractivity (Wildman–Crippen MR) is 86.5 cm³/mol. The molecule has 3 aromatic rings. The van der Waals surface area contributed by atoms with Crippen LogP contribution in [0.4, 0.5) is 0 Å². The number of ether oxygens (including phenoxy) is 1. The Morgan fingerprint density at radius 2 is 2.10 bits per heavy atom. The Kier molecular flexibility index (Phi) is 3.80. The van der Waals surface area contributed by atoms with E-state index in [-0.39, 0.29) is 5.78 Å². The standard InChI is InChI=1S/C17H17NO2S/c1-3-20-14-5-6-15-13(10-14)8-9-18(15)11-16(19)17-7-4-12(2)21-17/h4-10H,3,11H2,1-2H3. The van der Waals surface area contributed by atoms with Crippen LogP contribution in [0.15, 0.2) is 42.6 Å². The molecule has 0 aliphatic heterocycles. The summed E-state index contributed by atoms with van der Waals surface area (Å²) in [5.41, 5.74) is 1.06. The molecule has 0 N–H and O–H groups in total. The Morgan fingerprint density at radius 1 is 1.24 bits per heavy atom. The Balaban J connectivity index is 1.86. The number of carbonyl (C=O) groups is 1. The van der Waals surface area contributed by atoms with Gasteiger partial charge >= 0.3 is 0 Å². The lowest BCUT2D eigenvalue weighted by molar-refractivity contribution is 0.0977. The van der Waals surface area contributed by atoms with E-state index in [1.807, 2.05) is 61.0 Å². The lowest BCUT2D eigenvalue weighted by Gasteiger charge is -2.06. The molecule has 0 unspecified atom stereocenters. The molecule has 3 rings (SSSR count). The highest BCUT2D eigenvalue weighted by Gasteiger charge is 2.11.